The lowest BCUT2D eigenvalue weighted by Crippen LogP contribution is -2.03. The number of anilines is 2. The lowest BCUT2D eigenvalue weighted by Gasteiger charge is -2.18. The molecular formula is C8H6Br2N2. The molecule has 1 aliphatic carbocycles. The molecule has 12 heavy (non-hydrogen) atoms. The number of rotatable bonds is 0. The van der Waals surface area contributed by atoms with Crippen molar-refractivity contribution in [3.63, 3.8) is 0 Å². The van der Waals surface area contributed by atoms with E-state index in [0.717, 1.165) is 20.1 Å². The SMILES string of the molecule is Nc1c(N)c(Br)c2c(c1Br)C=C2. The summed E-state index contributed by atoms with van der Waals surface area (Å²) in [4.78, 5) is 0. The second kappa shape index (κ2) is 2.50. The number of benzene rings is 1. The molecule has 0 spiro atoms. The van der Waals surface area contributed by atoms with Crippen LogP contribution in [-0.4, -0.2) is 0 Å². The number of nitrogen functional groups attached to an aromatic ring is 2. The Balaban J connectivity index is 2.82. The molecule has 0 amide bonds. The number of nitrogens with two attached hydrogens (primary N) is 2. The van der Waals surface area contributed by atoms with E-state index in [1.54, 1.807) is 0 Å². The van der Waals surface area contributed by atoms with Crippen LogP contribution < -0.4 is 11.5 Å². The predicted octanol–water partition coefficient (Wildman–Crippen LogP) is 2.86. The van der Waals surface area contributed by atoms with Crippen LogP contribution in [0, 0.1) is 0 Å². The maximum absolute atomic E-state index is 5.75. The fourth-order valence-corrected chi connectivity index (χ4v) is 2.28. The van der Waals surface area contributed by atoms with Gasteiger partial charge < -0.3 is 11.5 Å². The predicted molar refractivity (Wildman–Crippen MR) is 59.6 cm³/mol. The van der Waals surface area contributed by atoms with Gasteiger partial charge in [-0.05, 0) is 43.0 Å². The molecule has 0 atom stereocenters. The standard InChI is InChI=1S/C8H6Br2N2/c9-5-3-1-2-4(3)6(10)8(12)7(5)11/h1-2H,11-12H2. The van der Waals surface area contributed by atoms with E-state index in [0.29, 0.717) is 11.4 Å². The van der Waals surface area contributed by atoms with Crippen molar-refractivity contribution in [3.8, 4) is 0 Å². The first-order valence-electron chi connectivity index (χ1n) is 3.37. The zero-order valence-corrected chi connectivity index (χ0v) is 9.24. The second-order valence-corrected chi connectivity index (χ2v) is 4.20. The van der Waals surface area contributed by atoms with Crippen molar-refractivity contribution < 1.29 is 0 Å². The molecular weight excluding hydrogens is 284 g/mol. The largest absolute Gasteiger partial charge is 0.396 e. The molecule has 2 nitrogen and oxygen atoms in total. The molecule has 0 heterocycles. The first kappa shape index (κ1) is 8.13. The van der Waals surface area contributed by atoms with Crippen LogP contribution in [0.4, 0.5) is 11.4 Å². The summed E-state index contributed by atoms with van der Waals surface area (Å²) in [5, 5.41) is 0. The van der Waals surface area contributed by atoms with Gasteiger partial charge in [-0.2, -0.15) is 0 Å². The van der Waals surface area contributed by atoms with Crippen molar-refractivity contribution in [3.05, 3.63) is 20.1 Å². The van der Waals surface area contributed by atoms with E-state index in [9.17, 15) is 0 Å². The summed E-state index contributed by atoms with van der Waals surface area (Å²) in [5.74, 6) is 0. The van der Waals surface area contributed by atoms with Gasteiger partial charge >= 0.3 is 0 Å². The van der Waals surface area contributed by atoms with Crippen LogP contribution in [0.3, 0.4) is 0 Å². The van der Waals surface area contributed by atoms with Gasteiger partial charge in [0.25, 0.3) is 0 Å². The molecule has 62 valence electrons. The summed E-state index contributed by atoms with van der Waals surface area (Å²) in [6, 6.07) is 0. The van der Waals surface area contributed by atoms with Gasteiger partial charge in [-0.25, -0.2) is 0 Å². The van der Waals surface area contributed by atoms with Gasteiger partial charge in [0.15, 0.2) is 0 Å². The Morgan fingerprint density at radius 1 is 0.833 bits per heavy atom. The average molecular weight is 290 g/mol. The normalized spacial score (nSPS) is 12.5. The molecule has 1 aromatic rings. The van der Waals surface area contributed by atoms with E-state index in [-0.39, 0.29) is 0 Å². The quantitative estimate of drug-likeness (QED) is 0.733. The van der Waals surface area contributed by atoms with Gasteiger partial charge in [0.1, 0.15) is 0 Å². The van der Waals surface area contributed by atoms with Crippen molar-refractivity contribution in [2.75, 3.05) is 11.5 Å². The fourth-order valence-electron chi connectivity index (χ4n) is 1.16. The highest BCUT2D eigenvalue weighted by Gasteiger charge is 2.19. The van der Waals surface area contributed by atoms with Crippen molar-refractivity contribution in [1.29, 1.82) is 0 Å². The molecule has 0 radical (unpaired) electrons. The van der Waals surface area contributed by atoms with Gasteiger partial charge in [0.05, 0.1) is 20.3 Å². The highest BCUT2D eigenvalue weighted by Crippen LogP contribution is 2.44. The van der Waals surface area contributed by atoms with Gasteiger partial charge in [-0.3, -0.25) is 0 Å². The minimum Gasteiger partial charge on any atom is -0.396 e. The molecule has 1 aliphatic rings. The molecule has 1 aromatic carbocycles. The van der Waals surface area contributed by atoms with Crippen molar-refractivity contribution in [1.82, 2.24) is 0 Å². The van der Waals surface area contributed by atoms with E-state index in [2.05, 4.69) is 31.9 Å². The summed E-state index contributed by atoms with van der Waals surface area (Å²) in [6.45, 7) is 0. The maximum atomic E-state index is 5.75. The molecule has 2 rings (SSSR count). The number of hydrogen-bond acceptors (Lipinski definition) is 2. The lowest BCUT2D eigenvalue weighted by atomic mass is 9.96. The third-order valence-electron chi connectivity index (χ3n) is 1.94. The van der Waals surface area contributed by atoms with Crippen molar-refractivity contribution in [2.45, 2.75) is 0 Å². The lowest BCUT2D eigenvalue weighted by molar-refractivity contribution is 1.49. The maximum Gasteiger partial charge on any atom is 0.0710 e. The Hall–Kier alpha value is -0.480. The first-order chi connectivity index (χ1) is 5.63. The van der Waals surface area contributed by atoms with Crippen LogP contribution in [0.15, 0.2) is 8.95 Å². The molecule has 0 bridgehead atoms. The molecule has 0 fully saturated rings. The monoisotopic (exact) mass is 288 g/mol. The van der Waals surface area contributed by atoms with Crippen molar-refractivity contribution >= 4 is 55.4 Å². The average Bonchev–Trinajstić information content (AvgIpc) is 1.97. The molecule has 4 N–H and O–H groups in total. The summed E-state index contributed by atoms with van der Waals surface area (Å²) in [6.07, 6.45) is 4.00. The molecule has 0 unspecified atom stereocenters. The van der Waals surface area contributed by atoms with Crippen LogP contribution in [0.25, 0.3) is 12.2 Å². The third-order valence-corrected chi connectivity index (χ3v) is 3.65. The van der Waals surface area contributed by atoms with Crippen LogP contribution >= 0.6 is 31.9 Å². The Bertz CT molecular complexity index is 360. The van der Waals surface area contributed by atoms with E-state index in [1.807, 2.05) is 12.2 Å². The van der Waals surface area contributed by atoms with Gasteiger partial charge in [-0.15, -0.1) is 0 Å². The van der Waals surface area contributed by atoms with Crippen LogP contribution in [-0.2, 0) is 0 Å². The van der Waals surface area contributed by atoms with Gasteiger partial charge in [-0.1, -0.05) is 12.2 Å². The Morgan fingerprint density at radius 2 is 1.17 bits per heavy atom. The minimum atomic E-state index is 0.602. The zero-order valence-electron chi connectivity index (χ0n) is 6.07. The number of fused-ring (bicyclic) bond motifs is 1. The topological polar surface area (TPSA) is 52.0 Å². The second-order valence-electron chi connectivity index (χ2n) is 2.62. The van der Waals surface area contributed by atoms with Crippen LogP contribution in [0.5, 0.6) is 0 Å². The van der Waals surface area contributed by atoms with Gasteiger partial charge in [0.2, 0.25) is 0 Å². The molecule has 0 saturated heterocycles. The summed E-state index contributed by atoms with van der Waals surface area (Å²) in [7, 11) is 0. The number of halogens is 2. The Morgan fingerprint density at radius 3 is 1.42 bits per heavy atom. The minimum absolute atomic E-state index is 0.602. The summed E-state index contributed by atoms with van der Waals surface area (Å²) < 4.78 is 1.78. The fraction of sp³-hybridized carbons (Fsp3) is 0. The molecule has 0 saturated carbocycles. The Labute approximate surface area is 86.9 Å². The van der Waals surface area contributed by atoms with Crippen molar-refractivity contribution in [2.24, 2.45) is 0 Å². The van der Waals surface area contributed by atoms with Crippen LogP contribution in [0.1, 0.15) is 11.1 Å². The smallest absolute Gasteiger partial charge is 0.0710 e. The van der Waals surface area contributed by atoms with Gasteiger partial charge in [0, 0.05) is 0 Å². The molecule has 0 aliphatic heterocycles. The van der Waals surface area contributed by atoms with E-state index >= 15 is 0 Å². The Kier molecular flexibility index (Phi) is 1.70. The van der Waals surface area contributed by atoms with E-state index in [4.69, 9.17) is 11.5 Å². The highest BCUT2D eigenvalue weighted by molar-refractivity contribution is 9.11. The van der Waals surface area contributed by atoms with E-state index in [1.165, 1.54) is 0 Å². The summed E-state index contributed by atoms with van der Waals surface area (Å²) in [5.41, 5.74) is 14.9. The van der Waals surface area contributed by atoms with Crippen LogP contribution in [0.2, 0.25) is 0 Å². The first-order valence-corrected chi connectivity index (χ1v) is 4.95. The number of hydrogen-bond donors (Lipinski definition) is 2. The zero-order chi connectivity index (χ0) is 8.88. The molecule has 0 aromatic heterocycles. The van der Waals surface area contributed by atoms with E-state index < -0.39 is 0 Å². The third kappa shape index (κ3) is 0.850. The summed E-state index contributed by atoms with van der Waals surface area (Å²) >= 11 is 6.78. The molecule has 4 heteroatoms. The highest BCUT2D eigenvalue weighted by atomic mass is 79.9.